The van der Waals surface area contributed by atoms with Crippen LogP contribution in [0.2, 0.25) is 5.02 Å². The molecule has 104 valence electrons. The number of nitrogens with one attached hydrogen (secondary N) is 2. The molecule has 0 fully saturated rings. The fraction of sp³-hybridized carbons (Fsp3) is 0.154. The molecular weight excluding hydrogens is 282 g/mol. The van der Waals surface area contributed by atoms with Crippen LogP contribution in [0.3, 0.4) is 0 Å². The van der Waals surface area contributed by atoms with Crippen molar-refractivity contribution in [1.82, 2.24) is 5.32 Å². The van der Waals surface area contributed by atoms with Gasteiger partial charge in [0.25, 0.3) is 5.91 Å². The van der Waals surface area contributed by atoms with Crippen molar-refractivity contribution in [2.75, 3.05) is 5.32 Å². The van der Waals surface area contributed by atoms with Gasteiger partial charge in [-0.05, 0) is 25.1 Å². The highest BCUT2D eigenvalue weighted by molar-refractivity contribution is 6.30. The van der Waals surface area contributed by atoms with E-state index in [1.807, 2.05) is 0 Å². The van der Waals surface area contributed by atoms with Crippen molar-refractivity contribution in [2.24, 2.45) is 0 Å². The topological polar surface area (TPSA) is 102 Å². The van der Waals surface area contributed by atoms with Crippen molar-refractivity contribution in [1.29, 1.82) is 5.26 Å². The molecule has 1 aromatic rings. The number of benzene rings is 1. The first-order valence-electron chi connectivity index (χ1n) is 5.60. The van der Waals surface area contributed by atoms with Crippen LogP contribution < -0.4 is 10.6 Å². The lowest BCUT2D eigenvalue weighted by Crippen LogP contribution is -2.39. The molecule has 0 aliphatic carbocycles. The molecule has 1 atom stereocenters. The summed E-state index contributed by atoms with van der Waals surface area (Å²) >= 11 is 5.79. The third kappa shape index (κ3) is 4.63. The molecule has 0 saturated heterocycles. The van der Waals surface area contributed by atoms with Gasteiger partial charge in [0, 0.05) is 16.9 Å². The average Bonchev–Trinajstić information content (AvgIpc) is 2.39. The second kappa shape index (κ2) is 7.16. The smallest absolute Gasteiger partial charge is 0.325 e. The van der Waals surface area contributed by atoms with E-state index in [4.69, 9.17) is 22.0 Å². The number of carboxylic acids is 1. The van der Waals surface area contributed by atoms with E-state index in [-0.39, 0.29) is 5.57 Å². The van der Waals surface area contributed by atoms with Crippen LogP contribution in [-0.4, -0.2) is 23.0 Å². The predicted octanol–water partition coefficient (Wildman–Crippen LogP) is 1.75. The minimum Gasteiger partial charge on any atom is -0.480 e. The largest absolute Gasteiger partial charge is 0.480 e. The van der Waals surface area contributed by atoms with Crippen LogP contribution in [-0.2, 0) is 9.59 Å². The van der Waals surface area contributed by atoms with Crippen molar-refractivity contribution in [3.63, 3.8) is 0 Å². The van der Waals surface area contributed by atoms with E-state index in [2.05, 4.69) is 10.6 Å². The molecule has 0 saturated carbocycles. The van der Waals surface area contributed by atoms with E-state index < -0.39 is 17.9 Å². The van der Waals surface area contributed by atoms with Gasteiger partial charge in [-0.1, -0.05) is 17.7 Å². The summed E-state index contributed by atoms with van der Waals surface area (Å²) in [5.74, 6) is -1.95. The fourth-order valence-electron chi connectivity index (χ4n) is 1.22. The van der Waals surface area contributed by atoms with Crippen molar-refractivity contribution in [3.05, 3.63) is 41.1 Å². The number of nitriles is 1. The third-order valence-corrected chi connectivity index (χ3v) is 2.53. The summed E-state index contributed by atoms with van der Waals surface area (Å²) in [7, 11) is 0. The number of carbonyl (C=O) groups excluding carboxylic acids is 1. The van der Waals surface area contributed by atoms with Gasteiger partial charge in [-0.15, -0.1) is 0 Å². The average molecular weight is 294 g/mol. The Kier molecular flexibility index (Phi) is 5.56. The number of amides is 1. The van der Waals surface area contributed by atoms with E-state index >= 15 is 0 Å². The van der Waals surface area contributed by atoms with Crippen LogP contribution in [0.4, 0.5) is 5.69 Å². The molecule has 1 unspecified atom stereocenters. The lowest BCUT2D eigenvalue weighted by Gasteiger charge is -2.08. The number of carboxylic acid groups (broad SMARTS) is 1. The lowest BCUT2D eigenvalue weighted by molar-refractivity contribution is -0.140. The van der Waals surface area contributed by atoms with Crippen molar-refractivity contribution < 1.29 is 14.7 Å². The molecule has 1 rings (SSSR count). The molecular formula is C13H12ClN3O3. The summed E-state index contributed by atoms with van der Waals surface area (Å²) in [5.41, 5.74) is 0.363. The van der Waals surface area contributed by atoms with Crippen molar-refractivity contribution in [2.45, 2.75) is 13.0 Å². The number of hydrogen-bond acceptors (Lipinski definition) is 4. The SMILES string of the molecule is CC(NC(=O)/C(C#N)=C\Nc1cccc(Cl)c1)C(=O)O. The maximum atomic E-state index is 11.6. The normalized spacial score (nSPS) is 12.2. The summed E-state index contributed by atoms with van der Waals surface area (Å²) in [6.07, 6.45) is 1.19. The Labute approximate surface area is 120 Å². The highest BCUT2D eigenvalue weighted by Gasteiger charge is 2.16. The summed E-state index contributed by atoms with van der Waals surface area (Å²) in [6, 6.07) is 7.32. The number of rotatable bonds is 5. The first-order valence-corrected chi connectivity index (χ1v) is 5.98. The second-order valence-corrected chi connectivity index (χ2v) is 4.29. The van der Waals surface area contributed by atoms with Crippen LogP contribution in [0.5, 0.6) is 0 Å². The van der Waals surface area contributed by atoms with Crippen LogP contribution in [0.15, 0.2) is 36.0 Å². The molecule has 3 N–H and O–H groups in total. The minimum atomic E-state index is -1.18. The Hall–Kier alpha value is -2.52. The maximum absolute atomic E-state index is 11.6. The van der Waals surface area contributed by atoms with Gasteiger partial charge in [0.15, 0.2) is 0 Å². The zero-order chi connectivity index (χ0) is 15.1. The number of aliphatic carboxylic acids is 1. The van der Waals surface area contributed by atoms with E-state index in [0.717, 1.165) is 0 Å². The molecule has 0 aromatic heterocycles. The van der Waals surface area contributed by atoms with E-state index in [1.54, 1.807) is 30.3 Å². The third-order valence-electron chi connectivity index (χ3n) is 2.29. The molecule has 0 spiro atoms. The Balaban J connectivity index is 2.75. The second-order valence-electron chi connectivity index (χ2n) is 3.86. The molecule has 0 aliphatic heterocycles. The fourth-order valence-corrected chi connectivity index (χ4v) is 1.41. The summed E-state index contributed by atoms with van der Waals surface area (Å²) in [6.45, 7) is 1.31. The maximum Gasteiger partial charge on any atom is 0.325 e. The van der Waals surface area contributed by atoms with Gasteiger partial charge in [0.1, 0.15) is 17.7 Å². The molecule has 0 bridgehead atoms. The van der Waals surface area contributed by atoms with Crippen molar-refractivity contribution in [3.8, 4) is 6.07 Å². The van der Waals surface area contributed by atoms with Gasteiger partial charge >= 0.3 is 5.97 Å². The molecule has 1 amide bonds. The highest BCUT2D eigenvalue weighted by Crippen LogP contribution is 2.15. The first kappa shape index (κ1) is 15.5. The molecule has 0 aliphatic rings. The van der Waals surface area contributed by atoms with Crippen LogP contribution >= 0.6 is 11.6 Å². The monoisotopic (exact) mass is 293 g/mol. The van der Waals surface area contributed by atoms with Gasteiger partial charge in [0.05, 0.1) is 0 Å². The molecule has 7 heteroatoms. The number of hydrogen-bond donors (Lipinski definition) is 3. The Morgan fingerprint density at radius 1 is 1.50 bits per heavy atom. The van der Waals surface area contributed by atoms with Gasteiger partial charge in [0.2, 0.25) is 0 Å². The predicted molar refractivity (Wildman–Crippen MR) is 74.0 cm³/mol. The van der Waals surface area contributed by atoms with Gasteiger partial charge in [-0.2, -0.15) is 5.26 Å². The summed E-state index contributed by atoms with van der Waals surface area (Å²) in [5, 5.41) is 23.0. The first-order chi connectivity index (χ1) is 9.43. The van der Waals surface area contributed by atoms with Gasteiger partial charge < -0.3 is 15.7 Å². The van der Waals surface area contributed by atoms with Crippen molar-refractivity contribution >= 4 is 29.2 Å². The number of halogens is 1. The minimum absolute atomic E-state index is 0.238. The molecule has 1 aromatic carbocycles. The standard InChI is InChI=1S/C13H12ClN3O3/c1-8(13(19)20)17-12(18)9(6-15)7-16-11-4-2-3-10(14)5-11/h2-5,7-8,16H,1H3,(H,17,18)(H,19,20)/b9-7-. The zero-order valence-corrected chi connectivity index (χ0v) is 11.3. The number of anilines is 1. The van der Waals surface area contributed by atoms with Crippen LogP contribution in [0.25, 0.3) is 0 Å². The molecule has 6 nitrogen and oxygen atoms in total. The zero-order valence-electron chi connectivity index (χ0n) is 10.6. The molecule has 0 radical (unpaired) electrons. The summed E-state index contributed by atoms with van der Waals surface area (Å²) < 4.78 is 0. The van der Waals surface area contributed by atoms with Crippen LogP contribution in [0.1, 0.15) is 6.92 Å². The van der Waals surface area contributed by atoms with E-state index in [1.165, 1.54) is 13.1 Å². The Bertz CT molecular complexity index is 593. The highest BCUT2D eigenvalue weighted by atomic mass is 35.5. The Morgan fingerprint density at radius 2 is 2.20 bits per heavy atom. The number of nitrogens with zero attached hydrogens (tertiary/aromatic N) is 1. The quantitative estimate of drug-likeness (QED) is 0.567. The van der Waals surface area contributed by atoms with Gasteiger partial charge in [-0.3, -0.25) is 9.59 Å². The Morgan fingerprint density at radius 3 is 2.75 bits per heavy atom. The summed E-state index contributed by atoms with van der Waals surface area (Å²) in [4.78, 5) is 22.3. The van der Waals surface area contributed by atoms with Gasteiger partial charge in [-0.25, -0.2) is 0 Å². The number of carbonyl (C=O) groups is 2. The van der Waals surface area contributed by atoms with Crippen LogP contribution in [0, 0.1) is 11.3 Å². The lowest BCUT2D eigenvalue weighted by atomic mass is 10.2. The molecule has 0 heterocycles. The molecule has 20 heavy (non-hydrogen) atoms. The van der Waals surface area contributed by atoms with E-state index in [0.29, 0.717) is 10.7 Å². The van der Waals surface area contributed by atoms with E-state index in [9.17, 15) is 9.59 Å².